The minimum absolute atomic E-state index is 0.143. The molecule has 0 N–H and O–H groups in total. The van der Waals surface area contributed by atoms with Crippen LogP contribution in [-0.2, 0) is 34.8 Å². The molecule has 0 aliphatic rings. The lowest BCUT2D eigenvalue weighted by Crippen LogP contribution is -2.31. The monoisotopic (exact) mass is 456 g/mol. The number of amides is 1. The summed E-state index contributed by atoms with van der Waals surface area (Å²) >= 11 is 0. The van der Waals surface area contributed by atoms with E-state index in [1.54, 1.807) is 24.3 Å². The van der Waals surface area contributed by atoms with Crippen LogP contribution in [0.25, 0.3) is 11.0 Å². The first-order chi connectivity index (χ1) is 15.1. The highest BCUT2D eigenvalue weighted by molar-refractivity contribution is 7.89. The van der Waals surface area contributed by atoms with E-state index in [-0.39, 0.29) is 36.1 Å². The maximum Gasteiger partial charge on any atom is 0.242 e. The summed E-state index contributed by atoms with van der Waals surface area (Å²) in [4.78, 5) is 19.0. The highest BCUT2D eigenvalue weighted by atomic mass is 32.2. The summed E-state index contributed by atoms with van der Waals surface area (Å²) in [5, 5.41) is 0. The lowest BCUT2D eigenvalue weighted by atomic mass is 10.2. The van der Waals surface area contributed by atoms with Gasteiger partial charge in [-0.25, -0.2) is 22.1 Å². The van der Waals surface area contributed by atoms with Crippen LogP contribution in [0.4, 0.5) is 4.39 Å². The van der Waals surface area contributed by atoms with Gasteiger partial charge in [0.25, 0.3) is 0 Å². The third-order valence-electron chi connectivity index (χ3n) is 5.21. The number of benzene rings is 2. The molecule has 1 heterocycles. The van der Waals surface area contributed by atoms with Crippen LogP contribution in [-0.4, -0.2) is 53.7 Å². The molecular weight excluding hydrogens is 431 g/mol. The third kappa shape index (κ3) is 4.98. The molecule has 32 heavy (non-hydrogen) atoms. The van der Waals surface area contributed by atoms with Crippen molar-refractivity contribution >= 4 is 27.0 Å². The predicted octanol–water partition coefficient (Wildman–Crippen LogP) is 2.56. The van der Waals surface area contributed by atoms with Gasteiger partial charge in [-0.1, -0.05) is 18.1 Å². The van der Waals surface area contributed by atoms with Crippen molar-refractivity contribution in [1.82, 2.24) is 18.8 Å². The van der Waals surface area contributed by atoms with Crippen LogP contribution in [0.15, 0.2) is 47.4 Å². The Balaban J connectivity index is 1.76. The Morgan fingerprint density at radius 1 is 1.19 bits per heavy atom. The van der Waals surface area contributed by atoms with E-state index in [1.165, 1.54) is 37.2 Å². The van der Waals surface area contributed by atoms with Crippen molar-refractivity contribution in [2.45, 2.75) is 24.3 Å². The number of hydrogen-bond acceptors (Lipinski definition) is 4. The predicted molar refractivity (Wildman–Crippen MR) is 121 cm³/mol. The van der Waals surface area contributed by atoms with Crippen molar-refractivity contribution in [2.24, 2.45) is 7.05 Å². The molecule has 0 bridgehead atoms. The SMILES string of the molecule is C#CCN(Cc1ccc(F)cc1)C(=O)CCc1nc2cc(S(=O)(=O)N(C)C)ccc2n1C. The average Bonchev–Trinajstić information content (AvgIpc) is 3.08. The zero-order chi connectivity index (χ0) is 23.5. The van der Waals surface area contributed by atoms with Gasteiger partial charge in [-0.3, -0.25) is 4.79 Å². The molecule has 168 valence electrons. The maximum absolute atomic E-state index is 13.1. The van der Waals surface area contributed by atoms with Gasteiger partial charge in [0.2, 0.25) is 15.9 Å². The van der Waals surface area contributed by atoms with E-state index >= 15 is 0 Å². The summed E-state index contributed by atoms with van der Waals surface area (Å²) < 4.78 is 40.9. The summed E-state index contributed by atoms with van der Waals surface area (Å²) in [7, 11) is 1.21. The molecule has 0 aliphatic carbocycles. The number of terminal acetylenes is 1. The van der Waals surface area contributed by atoms with Gasteiger partial charge >= 0.3 is 0 Å². The van der Waals surface area contributed by atoms with Crippen LogP contribution in [0.3, 0.4) is 0 Å². The summed E-state index contributed by atoms with van der Waals surface area (Å²) in [5.41, 5.74) is 2.11. The quantitative estimate of drug-likeness (QED) is 0.488. The van der Waals surface area contributed by atoms with E-state index in [1.807, 2.05) is 11.6 Å². The van der Waals surface area contributed by atoms with Crippen LogP contribution in [0, 0.1) is 18.2 Å². The molecule has 0 saturated carbocycles. The Bertz CT molecular complexity index is 1280. The Hall–Kier alpha value is -3.22. The second-order valence-electron chi connectivity index (χ2n) is 7.61. The van der Waals surface area contributed by atoms with E-state index in [0.29, 0.717) is 17.8 Å². The van der Waals surface area contributed by atoms with E-state index in [9.17, 15) is 17.6 Å². The van der Waals surface area contributed by atoms with Gasteiger partial charge < -0.3 is 9.47 Å². The number of fused-ring (bicyclic) bond motifs is 1. The first-order valence-electron chi connectivity index (χ1n) is 9.97. The van der Waals surface area contributed by atoms with E-state index in [4.69, 9.17) is 6.42 Å². The summed E-state index contributed by atoms with van der Waals surface area (Å²) in [6, 6.07) is 10.7. The van der Waals surface area contributed by atoms with Gasteiger partial charge in [-0.2, -0.15) is 0 Å². The number of aromatic nitrogens is 2. The lowest BCUT2D eigenvalue weighted by molar-refractivity contribution is -0.131. The molecule has 0 fully saturated rings. The minimum atomic E-state index is -3.57. The molecule has 1 aromatic heterocycles. The molecule has 7 nitrogen and oxygen atoms in total. The molecule has 0 unspecified atom stereocenters. The van der Waals surface area contributed by atoms with Crippen molar-refractivity contribution in [1.29, 1.82) is 0 Å². The molecule has 3 aromatic rings. The van der Waals surface area contributed by atoms with Gasteiger partial charge in [0.1, 0.15) is 11.6 Å². The second kappa shape index (κ2) is 9.51. The zero-order valence-electron chi connectivity index (χ0n) is 18.2. The maximum atomic E-state index is 13.1. The third-order valence-corrected chi connectivity index (χ3v) is 7.02. The highest BCUT2D eigenvalue weighted by Gasteiger charge is 2.20. The van der Waals surface area contributed by atoms with Gasteiger partial charge in [0, 0.05) is 40.5 Å². The van der Waals surface area contributed by atoms with E-state index in [2.05, 4.69) is 10.9 Å². The Kier molecular flexibility index (Phi) is 6.96. The zero-order valence-corrected chi connectivity index (χ0v) is 19.1. The van der Waals surface area contributed by atoms with Gasteiger partial charge in [0.05, 0.1) is 22.5 Å². The van der Waals surface area contributed by atoms with Gasteiger partial charge in [-0.15, -0.1) is 6.42 Å². The smallest absolute Gasteiger partial charge is 0.242 e. The van der Waals surface area contributed by atoms with Crippen LogP contribution >= 0.6 is 0 Å². The number of carbonyl (C=O) groups excluding carboxylic acids is 1. The minimum Gasteiger partial charge on any atom is -0.331 e. The molecule has 1 amide bonds. The fourth-order valence-electron chi connectivity index (χ4n) is 3.35. The Labute approximate surface area is 187 Å². The Morgan fingerprint density at radius 3 is 2.50 bits per heavy atom. The first-order valence-corrected chi connectivity index (χ1v) is 11.4. The van der Waals surface area contributed by atoms with Crippen LogP contribution < -0.4 is 0 Å². The lowest BCUT2D eigenvalue weighted by Gasteiger charge is -2.20. The van der Waals surface area contributed by atoms with Crippen molar-refractivity contribution in [3.8, 4) is 12.3 Å². The summed E-state index contributed by atoms with van der Waals surface area (Å²) in [5.74, 6) is 2.67. The molecule has 0 aliphatic heterocycles. The number of sulfonamides is 1. The second-order valence-corrected chi connectivity index (χ2v) is 9.76. The molecule has 0 atom stereocenters. The van der Waals surface area contributed by atoms with Crippen molar-refractivity contribution < 1.29 is 17.6 Å². The molecule has 0 saturated heterocycles. The summed E-state index contributed by atoms with van der Waals surface area (Å²) in [6.45, 7) is 0.433. The fourth-order valence-corrected chi connectivity index (χ4v) is 4.28. The number of carbonyl (C=O) groups is 1. The fraction of sp³-hybridized carbons (Fsp3) is 0.304. The first kappa shape index (κ1) is 23.4. The standard InChI is InChI=1S/C23H25FN4O3S/c1-5-14-28(16-17-6-8-18(24)9-7-17)23(29)13-12-22-25-20-15-19(32(30,31)26(2)3)10-11-21(20)27(22)4/h1,6-11,15H,12-14,16H2,2-4H3. The van der Waals surface area contributed by atoms with E-state index < -0.39 is 10.0 Å². The molecule has 3 rings (SSSR count). The average molecular weight is 457 g/mol. The number of imidazole rings is 1. The molecule has 2 aromatic carbocycles. The number of aryl methyl sites for hydroxylation is 2. The topological polar surface area (TPSA) is 75.5 Å². The van der Waals surface area contributed by atoms with E-state index in [0.717, 1.165) is 15.4 Å². The van der Waals surface area contributed by atoms with Crippen molar-refractivity contribution in [3.63, 3.8) is 0 Å². The van der Waals surface area contributed by atoms with Crippen LogP contribution in [0.5, 0.6) is 0 Å². The molecule has 0 radical (unpaired) electrons. The van der Waals surface area contributed by atoms with Gasteiger partial charge in [-0.05, 0) is 35.9 Å². The number of hydrogen-bond donors (Lipinski definition) is 0. The van der Waals surface area contributed by atoms with Gasteiger partial charge in [0.15, 0.2) is 0 Å². The highest BCUT2D eigenvalue weighted by Crippen LogP contribution is 2.22. The van der Waals surface area contributed by atoms with Crippen LogP contribution in [0.1, 0.15) is 17.8 Å². The van der Waals surface area contributed by atoms with Crippen molar-refractivity contribution in [3.05, 3.63) is 59.7 Å². The van der Waals surface area contributed by atoms with Crippen LogP contribution in [0.2, 0.25) is 0 Å². The molecule has 0 spiro atoms. The Morgan fingerprint density at radius 2 is 1.88 bits per heavy atom. The summed E-state index contributed by atoms with van der Waals surface area (Å²) in [6.07, 6.45) is 5.97. The number of halogens is 1. The largest absolute Gasteiger partial charge is 0.331 e. The van der Waals surface area contributed by atoms with Crippen molar-refractivity contribution in [2.75, 3.05) is 20.6 Å². The number of rotatable bonds is 8. The molecule has 9 heteroatoms. The molecular formula is C23H25FN4O3S. The number of nitrogens with zero attached hydrogens (tertiary/aromatic N) is 4. The normalized spacial score (nSPS) is 11.6.